The van der Waals surface area contributed by atoms with Crippen molar-refractivity contribution in [1.29, 1.82) is 0 Å². The molecule has 0 spiro atoms. The zero-order valence-electron chi connectivity index (χ0n) is 12.1. The van der Waals surface area contributed by atoms with Gasteiger partial charge < -0.3 is 0 Å². The maximum absolute atomic E-state index is 12.2. The summed E-state index contributed by atoms with van der Waals surface area (Å²) in [5, 5.41) is 0. The first-order valence-electron chi connectivity index (χ1n) is 6.14. The van der Waals surface area contributed by atoms with E-state index in [1.165, 1.54) is 0 Å². The van der Waals surface area contributed by atoms with Gasteiger partial charge in [0.2, 0.25) is 10.0 Å². The molecule has 1 N–H and O–H groups in total. The largest absolute Gasteiger partial charge is 0.241 e. The lowest BCUT2D eigenvalue weighted by Crippen LogP contribution is -2.41. The molecule has 0 saturated heterocycles. The lowest BCUT2D eigenvalue weighted by atomic mass is 10.1. The number of aryl methyl sites for hydroxylation is 1. The zero-order valence-corrected chi connectivity index (χ0v) is 12.9. The van der Waals surface area contributed by atoms with Crippen LogP contribution >= 0.6 is 0 Å². The van der Waals surface area contributed by atoms with Crippen molar-refractivity contribution in [3.8, 4) is 0 Å². The second-order valence-corrected chi connectivity index (χ2v) is 7.11. The van der Waals surface area contributed by atoms with Crippen LogP contribution in [0.3, 0.4) is 0 Å². The Hall–Kier alpha value is -1.35. The minimum Gasteiger partial charge on any atom is -0.207 e. The van der Waals surface area contributed by atoms with Crippen molar-refractivity contribution in [3.05, 3.63) is 47.2 Å². The molecule has 1 rings (SSSR count). The average Bonchev–Trinajstić information content (AvgIpc) is 2.26. The molecule has 0 amide bonds. The van der Waals surface area contributed by atoms with Gasteiger partial charge in [0.15, 0.2) is 0 Å². The number of nitrogens with one attached hydrogen (secondary N) is 1. The summed E-state index contributed by atoms with van der Waals surface area (Å²) in [5.74, 6) is 0. The van der Waals surface area contributed by atoms with Crippen LogP contribution in [0, 0.1) is 6.92 Å². The fraction of sp³-hybridized carbons (Fsp3) is 0.400. The molecule has 0 fully saturated rings. The van der Waals surface area contributed by atoms with Gasteiger partial charge in [-0.15, -0.1) is 5.73 Å². The zero-order chi connectivity index (χ0) is 14.7. The summed E-state index contributed by atoms with van der Waals surface area (Å²) in [4.78, 5) is 0.275. The molecule has 104 valence electrons. The standard InChI is InChI=1S/C15H21NO2S/c1-12(2)10-11-15(4,5)16-19(17,18)14-8-6-13(3)7-9-14/h6-9,11,16H,1-5H3. The van der Waals surface area contributed by atoms with E-state index in [9.17, 15) is 8.42 Å². The van der Waals surface area contributed by atoms with E-state index in [-0.39, 0.29) is 4.90 Å². The van der Waals surface area contributed by atoms with E-state index in [0.717, 1.165) is 11.1 Å². The SMILES string of the molecule is CC(C)=C=CC(C)(C)NS(=O)(=O)c1ccc(C)cc1. The quantitative estimate of drug-likeness (QED) is 0.860. The Kier molecular flexibility index (Phi) is 4.75. The van der Waals surface area contributed by atoms with Crippen molar-refractivity contribution >= 4 is 10.0 Å². The molecule has 4 heteroatoms. The Morgan fingerprint density at radius 1 is 1.21 bits per heavy atom. The van der Waals surface area contributed by atoms with Crippen LogP contribution < -0.4 is 4.72 Å². The van der Waals surface area contributed by atoms with Gasteiger partial charge >= 0.3 is 0 Å². The highest BCUT2D eigenvalue weighted by Crippen LogP contribution is 2.14. The molecule has 0 aromatic heterocycles. The number of benzene rings is 1. The maximum Gasteiger partial charge on any atom is 0.241 e. The van der Waals surface area contributed by atoms with Gasteiger partial charge in [-0.1, -0.05) is 17.7 Å². The van der Waals surface area contributed by atoms with Gasteiger partial charge in [0, 0.05) is 0 Å². The molecule has 1 aromatic carbocycles. The van der Waals surface area contributed by atoms with Crippen molar-refractivity contribution in [2.24, 2.45) is 0 Å². The smallest absolute Gasteiger partial charge is 0.207 e. The highest BCUT2D eigenvalue weighted by molar-refractivity contribution is 7.89. The summed E-state index contributed by atoms with van der Waals surface area (Å²) in [6, 6.07) is 6.79. The molecular weight excluding hydrogens is 258 g/mol. The third-order valence-electron chi connectivity index (χ3n) is 2.45. The maximum atomic E-state index is 12.2. The monoisotopic (exact) mass is 279 g/mol. The van der Waals surface area contributed by atoms with E-state index in [1.807, 2.05) is 20.8 Å². The van der Waals surface area contributed by atoms with E-state index in [0.29, 0.717) is 0 Å². The third kappa shape index (κ3) is 5.03. The fourth-order valence-electron chi connectivity index (χ4n) is 1.48. The number of hydrogen-bond donors (Lipinski definition) is 1. The summed E-state index contributed by atoms with van der Waals surface area (Å²) < 4.78 is 27.1. The van der Waals surface area contributed by atoms with E-state index in [2.05, 4.69) is 10.5 Å². The first-order chi connectivity index (χ1) is 8.62. The minimum absolute atomic E-state index is 0.275. The molecule has 0 bridgehead atoms. The molecule has 0 heterocycles. The highest BCUT2D eigenvalue weighted by atomic mass is 32.2. The summed E-state index contributed by atoms with van der Waals surface area (Å²) in [6.07, 6.45) is 1.73. The molecule has 3 nitrogen and oxygen atoms in total. The van der Waals surface area contributed by atoms with Crippen LogP contribution in [-0.2, 0) is 10.0 Å². The van der Waals surface area contributed by atoms with Crippen LogP contribution in [0.5, 0.6) is 0 Å². The molecule has 0 aliphatic heterocycles. The Morgan fingerprint density at radius 2 is 1.74 bits per heavy atom. The third-order valence-corrected chi connectivity index (χ3v) is 4.14. The molecule has 19 heavy (non-hydrogen) atoms. The Bertz CT molecular complexity index is 600. The van der Waals surface area contributed by atoms with Crippen LogP contribution in [0.1, 0.15) is 33.3 Å². The Balaban J connectivity index is 3.03. The van der Waals surface area contributed by atoms with Crippen LogP contribution in [0.4, 0.5) is 0 Å². The lowest BCUT2D eigenvalue weighted by molar-refractivity contribution is 0.529. The fourth-order valence-corrected chi connectivity index (χ4v) is 2.84. The van der Waals surface area contributed by atoms with Crippen molar-refractivity contribution in [1.82, 2.24) is 4.72 Å². The van der Waals surface area contributed by atoms with Gasteiger partial charge in [-0.2, -0.15) is 0 Å². The molecular formula is C15H21NO2S. The summed E-state index contributed by atoms with van der Waals surface area (Å²) in [6.45, 7) is 9.36. The Morgan fingerprint density at radius 3 is 2.21 bits per heavy atom. The molecule has 0 radical (unpaired) electrons. The normalized spacial score (nSPS) is 11.8. The van der Waals surface area contributed by atoms with Crippen LogP contribution in [0.25, 0.3) is 0 Å². The van der Waals surface area contributed by atoms with E-state index < -0.39 is 15.6 Å². The van der Waals surface area contributed by atoms with Gasteiger partial charge in [-0.05, 0) is 58.4 Å². The van der Waals surface area contributed by atoms with E-state index in [1.54, 1.807) is 44.2 Å². The van der Waals surface area contributed by atoms with Gasteiger partial charge in [-0.3, -0.25) is 0 Å². The molecule has 0 unspecified atom stereocenters. The predicted octanol–water partition coefficient (Wildman–Crippen LogP) is 3.17. The summed E-state index contributed by atoms with van der Waals surface area (Å²) in [5.41, 5.74) is 4.39. The number of rotatable bonds is 4. The predicted molar refractivity (Wildman–Crippen MR) is 78.5 cm³/mol. The minimum atomic E-state index is -3.51. The topological polar surface area (TPSA) is 46.2 Å². The molecule has 0 aliphatic carbocycles. The van der Waals surface area contributed by atoms with Gasteiger partial charge in [-0.25, -0.2) is 13.1 Å². The second kappa shape index (κ2) is 5.74. The van der Waals surface area contributed by atoms with Crippen LogP contribution in [0.15, 0.2) is 46.5 Å². The molecule has 0 saturated carbocycles. The lowest BCUT2D eigenvalue weighted by Gasteiger charge is -2.21. The van der Waals surface area contributed by atoms with Gasteiger partial charge in [0.1, 0.15) is 0 Å². The first-order valence-corrected chi connectivity index (χ1v) is 7.62. The summed E-state index contributed by atoms with van der Waals surface area (Å²) >= 11 is 0. The van der Waals surface area contributed by atoms with Crippen LogP contribution in [0.2, 0.25) is 0 Å². The average molecular weight is 279 g/mol. The summed E-state index contributed by atoms with van der Waals surface area (Å²) in [7, 11) is -3.51. The molecule has 0 aliphatic rings. The van der Waals surface area contributed by atoms with Crippen molar-refractivity contribution in [2.45, 2.75) is 45.1 Å². The molecule has 1 aromatic rings. The molecule has 0 atom stereocenters. The number of sulfonamides is 1. The number of hydrogen-bond acceptors (Lipinski definition) is 2. The van der Waals surface area contributed by atoms with Crippen molar-refractivity contribution < 1.29 is 8.42 Å². The first kappa shape index (κ1) is 15.7. The van der Waals surface area contributed by atoms with Crippen LogP contribution in [-0.4, -0.2) is 14.0 Å². The van der Waals surface area contributed by atoms with Gasteiger partial charge in [0.05, 0.1) is 10.4 Å². The Labute approximate surface area is 116 Å². The highest BCUT2D eigenvalue weighted by Gasteiger charge is 2.23. The van der Waals surface area contributed by atoms with E-state index in [4.69, 9.17) is 0 Å². The van der Waals surface area contributed by atoms with E-state index >= 15 is 0 Å². The van der Waals surface area contributed by atoms with Crippen molar-refractivity contribution in [3.63, 3.8) is 0 Å². The second-order valence-electron chi connectivity index (χ2n) is 5.43. The van der Waals surface area contributed by atoms with Gasteiger partial charge in [0.25, 0.3) is 0 Å². The van der Waals surface area contributed by atoms with Crippen molar-refractivity contribution in [2.75, 3.05) is 0 Å².